The summed E-state index contributed by atoms with van der Waals surface area (Å²) in [4.78, 5) is 2.49. The predicted octanol–water partition coefficient (Wildman–Crippen LogP) is 6.50. The Morgan fingerprint density at radius 1 is 0.957 bits per heavy atom. The van der Waals surface area contributed by atoms with Crippen LogP contribution in [0.15, 0.2) is 37.0 Å². The van der Waals surface area contributed by atoms with Gasteiger partial charge in [0.05, 0.1) is 13.2 Å². The minimum Gasteiger partial charge on any atom is -0.379 e. The molecule has 0 amide bonds. The maximum absolute atomic E-state index is 5.32. The van der Waals surface area contributed by atoms with E-state index >= 15 is 0 Å². The SMILES string of the molecule is C/C=C\C(=C/C)CCCN1CCOCC1.C=C.CC.CC.CC. The largest absolute Gasteiger partial charge is 0.379 e. The van der Waals surface area contributed by atoms with Gasteiger partial charge in [-0.1, -0.05) is 65.3 Å². The molecule has 1 rings (SSSR count). The molecular formula is C21H45NO. The second-order valence-electron chi connectivity index (χ2n) is 3.92. The Bertz CT molecular complexity index is 228. The molecule has 2 nitrogen and oxygen atoms in total. The zero-order valence-corrected chi connectivity index (χ0v) is 17.5. The highest BCUT2D eigenvalue weighted by molar-refractivity contribution is 5.16. The molecule has 23 heavy (non-hydrogen) atoms. The molecular weight excluding hydrogens is 282 g/mol. The van der Waals surface area contributed by atoms with Crippen molar-refractivity contribution < 1.29 is 4.74 Å². The predicted molar refractivity (Wildman–Crippen MR) is 110 cm³/mol. The lowest BCUT2D eigenvalue weighted by atomic mass is 10.1. The van der Waals surface area contributed by atoms with Crippen molar-refractivity contribution in [1.82, 2.24) is 4.90 Å². The molecule has 0 aromatic rings. The molecule has 1 fully saturated rings. The van der Waals surface area contributed by atoms with Crippen LogP contribution in [0.5, 0.6) is 0 Å². The van der Waals surface area contributed by atoms with Crippen molar-refractivity contribution in [3.05, 3.63) is 37.0 Å². The molecule has 140 valence electrons. The maximum atomic E-state index is 5.32. The van der Waals surface area contributed by atoms with Crippen LogP contribution in [0.3, 0.4) is 0 Å². The number of nitrogens with zero attached hydrogens (tertiary/aromatic N) is 1. The number of ether oxygens (including phenoxy) is 1. The Balaban J connectivity index is -0.000000196. The van der Waals surface area contributed by atoms with Gasteiger partial charge in [0.15, 0.2) is 0 Å². The highest BCUT2D eigenvalue weighted by Crippen LogP contribution is 2.08. The summed E-state index contributed by atoms with van der Waals surface area (Å²) in [5.74, 6) is 0. The molecule has 0 N–H and O–H groups in total. The van der Waals surface area contributed by atoms with E-state index in [4.69, 9.17) is 4.74 Å². The third-order valence-corrected chi connectivity index (χ3v) is 2.80. The van der Waals surface area contributed by atoms with Gasteiger partial charge in [-0.15, -0.1) is 13.2 Å². The van der Waals surface area contributed by atoms with Crippen LogP contribution in [0.4, 0.5) is 0 Å². The summed E-state index contributed by atoms with van der Waals surface area (Å²) in [5.41, 5.74) is 1.45. The third-order valence-electron chi connectivity index (χ3n) is 2.80. The van der Waals surface area contributed by atoms with Crippen molar-refractivity contribution >= 4 is 0 Å². The molecule has 1 aliphatic heterocycles. The summed E-state index contributed by atoms with van der Waals surface area (Å²) in [6, 6.07) is 0. The zero-order valence-electron chi connectivity index (χ0n) is 17.5. The fraction of sp³-hybridized carbons (Fsp3) is 0.714. The van der Waals surface area contributed by atoms with E-state index < -0.39 is 0 Å². The normalized spacial score (nSPS) is 14.0. The second-order valence-corrected chi connectivity index (χ2v) is 3.92. The molecule has 0 spiro atoms. The summed E-state index contributed by atoms with van der Waals surface area (Å²) in [5, 5.41) is 0. The topological polar surface area (TPSA) is 12.5 Å². The lowest BCUT2D eigenvalue weighted by Gasteiger charge is -2.26. The molecule has 1 aliphatic rings. The Morgan fingerprint density at radius 2 is 1.43 bits per heavy atom. The highest BCUT2D eigenvalue weighted by Gasteiger charge is 2.08. The van der Waals surface area contributed by atoms with Gasteiger partial charge in [0.25, 0.3) is 0 Å². The van der Waals surface area contributed by atoms with E-state index in [0.29, 0.717) is 0 Å². The molecule has 0 aromatic heterocycles. The number of morpholine rings is 1. The van der Waals surface area contributed by atoms with Gasteiger partial charge < -0.3 is 4.74 Å². The van der Waals surface area contributed by atoms with Crippen LogP contribution in [-0.2, 0) is 4.74 Å². The van der Waals surface area contributed by atoms with Crippen LogP contribution in [0.1, 0.15) is 68.2 Å². The van der Waals surface area contributed by atoms with Crippen molar-refractivity contribution in [2.24, 2.45) is 0 Å². The molecule has 0 saturated carbocycles. The van der Waals surface area contributed by atoms with Gasteiger partial charge in [0, 0.05) is 13.1 Å². The lowest BCUT2D eigenvalue weighted by Crippen LogP contribution is -2.36. The Morgan fingerprint density at radius 3 is 1.83 bits per heavy atom. The van der Waals surface area contributed by atoms with Gasteiger partial charge in [0.1, 0.15) is 0 Å². The van der Waals surface area contributed by atoms with E-state index in [0.717, 1.165) is 26.3 Å². The first-order valence-corrected chi connectivity index (χ1v) is 9.44. The van der Waals surface area contributed by atoms with Gasteiger partial charge >= 0.3 is 0 Å². The molecule has 0 aliphatic carbocycles. The van der Waals surface area contributed by atoms with Crippen LogP contribution in [-0.4, -0.2) is 37.7 Å². The summed E-state index contributed by atoms with van der Waals surface area (Å²) < 4.78 is 5.32. The molecule has 0 bridgehead atoms. The number of rotatable bonds is 5. The second kappa shape index (κ2) is 32.9. The first-order chi connectivity index (χ1) is 11.4. The van der Waals surface area contributed by atoms with Crippen LogP contribution in [0.25, 0.3) is 0 Å². The van der Waals surface area contributed by atoms with Crippen LogP contribution < -0.4 is 0 Å². The van der Waals surface area contributed by atoms with Gasteiger partial charge in [-0.3, -0.25) is 4.90 Å². The van der Waals surface area contributed by atoms with Crippen LogP contribution in [0, 0.1) is 0 Å². The van der Waals surface area contributed by atoms with Crippen LogP contribution >= 0.6 is 0 Å². The maximum Gasteiger partial charge on any atom is 0.0594 e. The quantitative estimate of drug-likeness (QED) is 0.422. The van der Waals surface area contributed by atoms with Crippen molar-refractivity contribution in [2.75, 3.05) is 32.8 Å². The smallest absolute Gasteiger partial charge is 0.0594 e. The molecule has 2 heteroatoms. The summed E-state index contributed by atoms with van der Waals surface area (Å²) in [6.45, 7) is 27.4. The van der Waals surface area contributed by atoms with Gasteiger partial charge in [-0.25, -0.2) is 0 Å². The number of hydrogen-bond acceptors (Lipinski definition) is 2. The fourth-order valence-corrected chi connectivity index (χ4v) is 1.87. The third kappa shape index (κ3) is 23.5. The zero-order chi connectivity index (χ0) is 18.9. The average Bonchev–Trinajstić information content (AvgIpc) is 2.68. The van der Waals surface area contributed by atoms with Crippen molar-refractivity contribution in [1.29, 1.82) is 0 Å². The van der Waals surface area contributed by atoms with E-state index in [1.807, 2.05) is 41.5 Å². The van der Waals surface area contributed by atoms with Crippen molar-refractivity contribution in [3.63, 3.8) is 0 Å². The molecule has 1 heterocycles. The Labute approximate surface area is 148 Å². The number of allylic oxidation sites excluding steroid dienone is 4. The van der Waals surface area contributed by atoms with E-state index in [1.54, 1.807) is 0 Å². The first-order valence-electron chi connectivity index (χ1n) is 9.44. The lowest BCUT2D eigenvalue weighted by molar-refractivity contribution is 0.0375. The van der Waals surface area contributed by atoms with E-state index in [1.165, 1.54) is 25.0 Å². The Kier molecular flexibility index (Phi) is 43.0. The average molecular weight is 328 g/mol. The van der Waals surface area contributed by atoms with E-state index in [9.17, 15) is 0 Å². The molecule has 0 atom stereocenters. The van der Waals surface area contributed by atoms with Gasteiger partial charge in [0.2, 0.25) is 0 Å². The Hall–Kier alpha value is -0.860. The first kappa shape index (κ1) is 30.1. The minimum atomic E-state index is 0.908. The standard InChI is InChI=1S/C13H23NO.3C2H6.C2H4/c1-3-6-13(4-2)7-5-8-14-9-11-15-12-10-14;4*1-2/h3-4,6H,5,7-12H2,1-2H3;3*1-2H3;1-2H2/b6-3-,13-4+;;;;. The molecule has 0 radical (unpaired) electrons. The molecule has 0 aromatic carbocycles. The van der Waals surface area contributed by atoms with E-state index in [2.05, 4.69) is 50.1 Å². The van der Waals surface area contributed by atoms with Crippen molar-refractivity contribution in [3.8, 4) is 0 Å². The summed E-state index contributed by atoms with van der Waals surface area (Å²) in [7, 11) is 0. The minimum absolute atomic E-state index is 0.908. The van der Waals surface area contributed by atoms with Gasteiger partial charge in [-0.05, 0) is 33.2 Å². The van der Waals surface area contributed by atoms with Crippen LogP contribution in [0.2, 0.25) is 0 Å². The monoisotopic (exact) mass is 327 g/mol. The molecule has 1 saturated heterocycles. The highest BCUT2D eigenvalue weighted by atomic mass is 16.5. The van der Waals surface area contributed by atoms with Crippen molar-refractivity contribution in [2.45, 2.75) is 68.2 Å². The van der Waals surface area contributed by atoms with E-state index in [-0.39, 0.29) is 0 Å². The van der Waals surface area contributed by atoms with Gasteiger partial charge in [-0.2, -0.15) is 0 Å². The summed E-state index contributed by atoms with van der Waals surface area (Å²) >= 11 is 0. The molecule has 0 unspecified atom stereocenters. The number of hydrogen-bond donors (Lipinski definition) is 0. The summed E-state index contributed by atoms with van der Waals surface area (Å²) in [6.07, 6.45) is 8.98. The fourth-order valence-electron chi connectivity index (χ4n) is 1.87.